The third-order valence-electron chi connectivity index (χ3n) is 5.19. The molecule has 0 bridgehead atoms. The highest BCUT2D eigenvalue weighted by Crippen LogP contribution is 2.24. The number of nitrogens with zero attached hydrogens (tertiary/aromatic N) is 1. The molecule has 3 aromatic rings. The zero-order chi connectivity index (χ0) is 19.4. The first-order valence-corrected chi connectivity index (χ1v) is 11.1. The van der Waals surface area contributed by atoms with Crippen molar-refractivity contribution >= 4 is 15.7 Å². The second-order valence-corrected chi connectivity index (χ2v) is 8.83. The Morgan fingerprint density at radius 1 is 0.821 bits per heavy atom. The Morgan fingerprint density at radius 2 is 1.50 bits per heavy atom. The van der Waals surface area contributed by atoms with Crippen LogP contribution in [0.25, 0.3) is 0 Å². The number of sulfonamides is 1. The van der Waals surface area contributed by atoms with E-state index in [2.05, 4.69) is 58.2 Å². The standard InChI is InChI=1S/C23H24N2O2S/c26-28(27,23-8-2-1-3-9-23)24-16-14-19-10-12-22(13-11-19)25-17-15-20-6-4-5-7-21(20)18-25/h1-13,24H,14-18H2. The van der Waals surface area contributed by atoms with Crippen molar-refractivity contribution in [2.45, 2.75) is 24.3 Å². The molecule has 28 heavy (non-hydrogen) atoms. The van der Waals surface area contributed by atoms with E-state index in [1.54, 1.807) is 24.3 Å². The van der Waals surface area contributed by atoms with Crippen molar-refractivity contribution in [1.29, 1.82) is 0 Å². The Labute approximate surface area is 166 Å². The molecule has 4 nitrogen and oxygen atoms in total. The maximum Gasteiger partial charge on any atom is 0.240 e. The second-order valence-electron chi connectivity index (χ2n) is 7.07. The van der Waals surface area contributed by atoms with Crippen molar-refractivity contribution in [2.24, 2.45) is 0 Å². The van der Waals surface area contributed by atoms with Crippen molar-refractivity contribution in [1.82, 2.24) is 4.72 Å². The lowest BCUT2D eigenvalue weighted by atomic mass is 9.99. The average molecular weight is 393 g/mol. The summed E-state index contributed by atoms with van der Waals surface area (Å²) < 4.78 is 27.2. The molecule has 0 aromatic heterocycles. The minimum absolute atomic E-state index is 0.302. The molecule has 3 aromatic carbocycles. The summed E-state index contributed by atoms with van der Waals surface area (Å²) in [4.78, 5) is 2.69. The maximum absolute atomic E-state index is 12.3. The van der Waals surface area contributed by atoms with Crippen molar-refractivity contribution in [2.75, 3.05) is 18.0 Å². The van der Waals surface area contributed by atoms with Crippen molar-refractivity contribution in [3.05, 3.63) is 95.6 Å². The van der Waals surface area contributed by atoms with Crippen LogP contribution in [-0.4, -0.2) is 21.5 Å². The summed E-state index contributed by atoms with van der Waals surface area (Å²) in [5.74, 6) is 0. The van der Waals surface area contributed by atoms with E-state index < -0.39 is 10.0 Å². The molecule has 5 heteroatoms. The Balaban J connectivity index is 1.34. The first-order valence-electron chi connectivity index (χ1n) is 9.57. The summed E-state index contributed by atoms with van der Waals surface area (Å²) in [5.41, 5.74) is 5.18. The van der Waals surface area contributed by atoms with Gasteiger partial charge in [0.25, 0.3) is 0 Å². The van der Waals surface area contributed by atoms with Crippen LogP contribution in [0.15, 0.2) is 83.8 Å². The fourth-order valence-corrected chi connectivity index (χ4v) is 4.66. The molecule has 1 aliphatic heterocycles. The molecule has 1 heterocycles. The molecule has 1 N–H and O–H groups in total. The van der Waals surface area contributed by atoms with Crippen LogP contribution in [0, 0.1) is 0 Å². The van der Waals surface area contributed by atoms with E-state index in [0.29, 0.717) is 17.9 Å². The summed E-state index contributed by atoms with van der Waals surface area (Å²) in [7, 11) is -3.44. The van der Waals surface area contributed by atoms with E-state index >= 15 is 0 Å². The smallest absolute Gasteiger partial charge is 0.240 e. The van der Waals surface area contributed by atoms with Crippen LogP contribution >= 0.6 is 0 Å². The number of nitrogens with one attached hydrogen (secondary N) is 1. The highest BCUT2D eigenvalue weighted by Gasteiger charge is 2.16. The summed E-state index contributed by atoms with van der Waals surface area (Å²) in [5, 5.41) is 0. The van der Waals surface area contributed by atoms with E-state index in [9.17, 15) is 8.42 Å². The normalized spacial score (nSPS) is 13.9. The molecule has 0 saturated heterocycles. The van der Waals surface area contributed by atoms with Crippen molar-refractivity contribution in [3.63, 3.8) is 0 Å². The van der Waals surface area contributed by atoms with Gasteiger partial charge >= 0.3 is 0 Å². The molecule has 0 atom stereocenters. The van der Waals surface area contributed by atoms with Gasteiger partial charge in [0, 0.05) is 25.3 Å². The van der Waals surface area contributed by atoms with Gasteiger partial charge in [0.15, 0.2) is 0 Å². The van der Waals surface area contributed by atoms with Gasteiger partial charge in [-0.3, -0.25) is 0 Å². The summed E-state index contributed by atoms with van der Waals surface area (Å²) >= 11 is 0. The van der Waals surface area contributed by atoms with Crippen LogP contribution in [0.5, 0.6) is 0 Å². The number of rotatable bonds is 6. The number of hydrogen-bond acceptors (Lipinski definition) is 3. The summed E-state index contributed by atoms with van der Waals surface area (Å²) in [6, 6.07) is 25.5. The molecule has 0 spiro atoms. The van der Waals surface area contributed by atoms with Crippen LogP contribution in [-0.2, 0) is 29.4 Å². The average Bonchev–Trinajstić information content (AvgIpc) is 2.74. The van der Waals surface area contributed by atoms with Gasteiger partial charge in [-0.1, -0.05) is 54.6 Å². The lowest BCUT2D eigenvalue weighted by Gasteiger charge is -2.30. The van der Waals surface area contributed by atoms with Gasteiger partial charge < -0.3 is 4.90 Å². The van der Waals surface area contributed by atoms with Gasteiger partial charge in [0.05, 0.1) is 4.90 Å². The van der Waals surface area contributed by atoms with Crippen molar-refractivity contribution in [3.8, 4) is 0 Å². The molecular weight excluding hydrogens is 368 g/mol. The van der Waals surface area contributed by atoms with Gasteiger partial charge in [-0.2, -0.15) is 0 Å². The van der Waals surface area contributed by atoms with Crippen molar-refractivity contribution < 1.29 is 8.42 Å². The fourth-order valence-electron chi connectivity index (χ4n) is 3.60. The number of benzene rings is 3. The Morgan fingerprint density at radius 3 is 2.25 bits per heavy atom. The lowest BCUT2D eigenvalue weighted by molar-refractivity contribution is 0.581. The number of hydrogen-bond donors (Lipinski definition) is 1. The molecule has 0 radical (unpaired) electrons. The van der Waals surface area contributed by atoms with E-state index in [0.717, 1.165) is 25.1 Å². The Bertz CT molecular complexity index is 1030. The summed E-state index contributed by atoms with van der Waals surface area (Å²) in [6.45, 7) is 2.34. The molecule has 1 aliphatic rings. The van der Waals surface area contributed by atoms with Gasteiger partial charge in [-0.15, -0.1) is 0 Å². The number of fused-ring (bicyclic) bond motifs is 1. The predicted molar refractivity (Wildman–Crippen MR) is 113 cm³/mol. The SMILES string of the molecule is O=S(=O)(NCCc1ccc(N2CCc3ccccc3C2)cc1)c1ccccc1. The highest BCUT2D eigenvalue weighted by molar-refractivity contribution is 7.89. The quantitative estimate of drug-likeness (QED) is 0.695. The van der Waals surface area contributed by atoms with E-state index in [1.165, 1.54) is 16.8 Å². The third kappa shape index (κ3) is 4.26. The zero-order valence-electron chi connectivity index (χ0n) is 15.7. The Kier molecular flexibility index (Phi) is 5.46. The monoisotopic (exact) mass is 392 g/mol. The van der Waals surface area contributed by atoms with Gasteiger partial charge in [0.1, 0.15) is 0 Å². The molecule has 0 fully saturated rings. The number of anilines is 1. The second kappa shape index (κ2) is 8.17. The van der Waals surface area contributed by atoms with Crippen LogP contribution in [0.4, 0.5) is 5.69 Å². The van der Waals surface area contributed by atoms with Gasteiger partial charge in [0.2, 0.25) is 10.0 Å². The molecule has 144 valence electrons. The maximum atomic E-state index is 12.3. The minimum Gasteiger partial charge on any atom is -0.367 e. The first kappa shape index (κ1) is 18.7. The molecule has 0 unspecified atom stereocenters. The van der Waals surface area contributed by atoms with Crippen LogP contribution in [0.2, 0.25) is 0 Å². The highest BCUT2D eigenvalue weighted by atomic mass is 32.2. The fraction of sp³-hybridized carbons (Fsp3) is 0.217. The van der Waals surface area contributed by atoms with Crippen LogP contribution < -0.4 is 9.62 Å². The minimum atomic E-state index is -3.44. The van der Waals surface area contributed by atoms with Gasteiger partial charge in [-0.05, 0) is 53.8 Å². The molecule has 0 amide bonds. The molecule has 0 aliphatic carbocycles. The van der Waals surface area contributed by atoms with Crippen LogP contribution in [0.3, 0.4) is 0 Å². The van der Waals surface area contributed by atoms with Crippen LogP contribution in [0.1, 0.15) is 16.7 Å². The Hall–Kier alpha value is -2.63. The largest absolute Gasteiger partial charge is 0.367 e. The molecular formula is C23H24N2O2S. The van der Waals surface area contributed by atoms with E-state index in [-0.39, 0.29) is 0 Å². The summed E-state index contributed by atoms with van der Waals surface area (Å²) in [6.07, 6.45) is 1.73. The van der Waals surface area contributed by atoms with Gasteiger partial charge in [-0.25, -0.2) is 13.1 Å². The topological polar surface area (TPSA) is 49.4 Å². The molecule has 4 rings (SSSR count). The van der Waals surface area contributed by atoms with E-state index in [1.807, 2.05) is 6.07 Å². The lowest BCUT2D eigenvalue weighted by Crippen LogP contribution is -2.30. The third-order valence-corrected chi connectivity index (χ3v) is 6.67. The zero-order valence-corrected chi connectivity index (χ0v) is 16.5. The first-order chi connectivity index (χ1) is 13.6. The molecule has 0 saturated carbocycles. The van der Waals surface area contributed by atoms with E-state index in [4.69, 9.17) is 0 Å². The predicted octanol–water partition coefficient (Wildman–Crippen LogP) is 3.77.